The van der Waals surface area contributed by atoms with Crippen molar-refractivity contribution in [3.05, 3.63) is 95.6 Å². The van der Waals surface area contributed by atoms with Crippen LogP contribution in [0.1, 0.15) is 34.8 Å². The summed E-state index contributed by atoms with van der Waals surface area (Å²) >= 11 is 0. The highest BCUT2D eigenvalue weighted by molar-refractivity contribution is 7.92. The van der Waals surface area contributed by atoms with Crippen LogP contribution in [0.2, 0.25) is 0 Å². The van der Waals surface area contributed by atoms with Crippen molar-refractivity contribution in [1.29, 1.82) is 0 Å². The van der Waals surface area contributed by atoms with Crippen LogP contribution in [0, 0.1) is 6.92 Å². The Labute approximate surface area is 178 Å². The number of nitrogens with one attached hydrogen (secondary N) is 2. The number of amides is 1. The minimum atomic E-state index is -3.79. The number of anilines is 1. The van der Waals surface area contributed by atoms with E-state index in [1.54, 1.807) is 30.3 Å². The molecule has 0 radical (unpaired) electrons. The molecule has 0 fully saturated rings. The molecule has 0 aromatic heterocycles. The first kappa shape index (κ1) is 21.6. The van der Waals surface area contributed by atoms with Crippen molar-refractivity contribution < 1.29 is 13.2 Å². The fourth-order valence-electron chi connectivity index (χ4n) is 3.13. The molecule has 6 heteroatoms. The Morgan fingerprint density at radius 1 is 0.933 bits per heavy atom. The van der Waals surface area contributed by atoms with Crippen molar-refractivity contribution in [1.82, 2.24) is 5.32 Å². The molecule has 5 nitrogen and oxygen atoms in total. The van der Waals surface area contributed by atoms with Crippen molar-refractivity contribution in [2.75, 3.05) is 4.72 Å². The van der Waals surface area contributed by atoms with Gasteiger partial charge in [-0.3, -0.25) is 9.52 Å². The lowest BCUT2D eigenvalue weighted by Crippen LogP contribution is -2.33. The van der Waals surface area contributed by atoms with Gasteiger partial charge in [0.2, 0.25) is 0 Å². The first-order valence-corrected chi connectivity index (χ1v) is 11.4. The number of carbonyl (C=O) groups excluding carboxylic acids is 1. The smallest absolute Gasteiger partial charge is 0.261 e. The molecule has 0 bridgehead atoms. The highest BCUT2D eigenvalue weighted by Crippen LogP contribution is 2.18. The average molecular weight is 423 g/mol. The zero-order valence-electron chi connectivity index (χ0n) is 17.1. The van der Waals surface area contributed by atoms with Crippen LogP contribution in [0.5, 0.6) is 0 Å². The molecule has 0 heterocycles. The van der Waals surface area contributed by atoms with E-state index in [2.05, 4.69) is 22.2 Å². The SMILES string of the molecule is Cc1cccc(NS(=O)(=O)c2cccc(C(=O)N[C@@H](C)CCc3ccccc3)c2)c1. The zero-order valence-corrected chi connectivity index (χ0v) is 17.9. The number of rotatable bonds is 8. The summed E-state index contributed by atoms with van der Waals surface area (Å²) in [5.41, 5.74) is 2.97. The second kappa shape index (κ2) is 9.59. The average Bonchev–Trinajstić information content (AvgIpc) is 2.73. The van der Waals surface area contributed by atoms with E-state index in [-0.39, 0.29) is 16.8 Å². The van der Waals surface area contributed by atoms with E-state index in [1.807, 2.05) is 38.1 Å². The summed E-state index contributed by atoms with van der Waals surface area (Å²) in [6.07, 6.45) is 1.65. The Kier molecular flexibility index (Phi) is 6.90. The van der Waals surface area contributed by atoms with Gasteiger partial charge in [0.15, 0.2) is 0 Å². The van der Waals surface area contributed by atoms with Gasteiger partial charge in [0.25, 0.3) is 15.9 Å². The molecule has 1 amide bonds. The van der Waals surface area contributed by atoms with Gasteiger partial charge in [-0.25, -0.2) is 8.42 Å². The Hall–Kier alpha value is -3.12. The summed E-state index contributed by atoms with van der Waals surface area (Å²) < 4.78 is 28.0. The predicted octanol–water partition coefficient (Wildman–Crippen LogP) is 4.55. The molecule has 3 aromatic carbocycles. The van der Waals surface area contributed by atoms with Gasteiger partial charge in [-0.1, -0.05) is 48.5 Å². The van der Waals surface area contributed by atoms with Gasteiger partial charge in [-0.2, -0.15) is 0 Å². The van der Waals surface area contributed by atoms with Crippen LogP contribution in [0.4, 0.5) is 5.69 Å². The molecule has 3 aromatic rings. The lowest BCUT2D eigenvalue weighted by atomic mass is 10.1. The van der Waals surface area contributed by atoms with Gasteiger partial charge in [0, 0.05) is 17.3 Å². The van der Waals surface area contributed by atoms with E-state index in [0.717, 1.165) is 18.4 Å². The van der Waals surface area contributed by atoms with Gasteiger partial charge < -0.3 is 5.32 Å². The second-order valence-electron chi connectivity index (χ2n) is 7.40. The van der Waals surface area contributed by atoms with E-state index in [1.165, 1.54) is 17.7 Å². The fourth-order valence-corrected chi connectivity index (χ4v) is 4.23. The van der Waals surface area contributed by atoms with Crippen molar-refractivity contribution >= 4 is 21.6 Å². The van der Waals surface area contributed by atoms with Crippen LogP contribution in [0.3, 0.4) is 0 Å². The Bertz CT molecular complexity index is 1110. The van der Waals surface area contributed by atoms with Crippen LogP contribution >= 0.6 is 0 Å². The third-order valence-corrected chi connectivity index (χ3v) is 6.14. The maximum Gasteiger partial charge on any atom is 0.261 e. The van der Waals surface area contributed by atoms with Crippen molar-refractivity contribution in [2.45, 2.75) is 37.6 Å². The number of benzene rings is 3. The molecular formula is C24H26N2O3S. The van der Waals surface area contributed by atoms with Crippen molar-refractivity contribution in [3.63, 3.8) is 0 Å². The first-order chi connectivity index (χ1) is 14.3. The van der Waals surface area contributed by atoms with Crippen LogP contribution in [-0.2, 0) is 16.4 Å². The monoisotopic (exact) mass is 422 g/mol. The second-order valence-corrected chi connectivity index (χ2v) is 9.08. The summed E-state index contributed by atoms with van der Waals surface area (Å²) in [7, 11) is -3.79. The highest BCUT2D eigenvalue weighted by atomic mass is 32.2. The molecule has 0 saturated heterocycles. The Morgan fingerprint density at radius 3 is 2.40 bits per heavy atom. The summed E-state index contributed by atoms with van der Waals surface area (Å²) in [6, 6.07) is 23.2. The number of sulfonamides is 1. The molecule has 1 atom stereocenters. The largest absolute Gasteiger partial charge is 0.350 e. The Morgan fingerprint density at radius 2 is 1.67 bits per heavy atom. The summed E-state index contributed by atoms with van der Waals surface area (Å²) in [5, 5.41) is 2.95. The lowest BCUT2D eigenvalue weighted by Gasteiger charge is -2.15. The quantitative estimate of drug-likeness (QED) is 0.559. The summed E-state index contributed by atoms with van der Waals surface area (Å²) in [5.74, 6) is -0.289. The molecular weight excluding hydrogens is 396 g/mol. The van der Waals surface area contributed by atoms with Crippen LogP contribution < -0.4 is 10.0 Å². The van der Waals surface area contributed by atoms with Gasteiger partial charge in [-0.05, 0) is 68.1 Å². The van der Waals surface area contributed by atoms with Crippen LogP contribution in [0.25, 0.3) is 0 Å². The highest BCUT2D eigenvalue weighted by Gasteiger charge is 2.17. The van der Waals surface area contributed by atoms with Crippen molar-refractivity contribution in [3.8, 4) is 0 Å². The van der Waals surface area contributed by atoms with E-state index in [0.29, 0.717) is 11.3 Å². The number of carbonyl (C=O) groups is 1. The van der Waals surface area contributed by atoms with Gasteiger partial charge >= 0.3 is 0 Å². The lowest BCUT2D eigenvalue weighted by molar-refractivity contribution is 0.0938. The number of aryl methyl sites for hydroxylation is 2. The maximum atomic E-state index is 12.7. The number of hydrogen-bond donors (Lipinski definition) is 2. The molecule has 0 aliphatic carbocycles. The van der Waals surface area contributed by atoms with E-state index >= 15 is 0 Å². The molecule has 3 rings (SSSR count). The maximum absolute atomic E-state index is 12.7. The van der Waals surface area contributed by atoms with Gasteiger partial charge in [0.05, 0.1) is 4.90 Å². The third kappa shape index (κ3) is 5.94. The van der Waals surface area contributed by atoms with Gasteiger partial charge in [0.1, 0.15) is 0 Å². The van der Waals surface area contributed by atoms with E-state index in [9.17, 15) is 13.2 Å². The van der Waals surface area contributed by atoms with E-state index < -0.39 is 10.0 Å². The molecule has 2 N–H and O–H groups in total. The van der Waals surface area contributed by atoms with Crippen LogP contribution in [0.15, 0.2) is 83.8 Å². The molecule has 0 aliphatic heterocycles. The first-order valence-electron chi connectivity index (χ1n) is 9.88. The van der Waals surface area contributed by atoms with Crippen LogP contribution in [-0.4, -0.2) is 20.4 Å². The minimum Gasteiger partial charge on any atom is -0.350 e. The zero-order chi connectivity index (χ0) is 21.6. The number of hydrogen-bond acceptors (Lipinski definition) is 3. The molecule has 0 aliphatic rings. The van der Waals surface area contributed by atoms with Crippen molar-refractivity contribution in [2.24, 2.45) is 0 Å². The third-order valence-electron chi connectivity index (χ3n) is 4.76. The minimum absolute atomic E-state index is 0.0385. The molecule has 30 heavy (non-hydrogen) atoms. The molecule has 156 valence electrons. The Balaban J connectivity index is 1.65. The van der Waals surface area contributed by atoms with E-state index in [4.69, 9.17) is 0 Å². The summed E-state index contributed by atoms with van der Waals surface area (Å²) in [4.78, 5) is 12.7. The molecule has 0 unspecified atom stereocenters. The fraction of sp³-hybridized carbons (Fsp3) is 0.208. The molecule has 0 saturated carbocycles. The predicted molar refractivity (Wildman–Crippen MR) is 120 cm³/mol. The summed E-state index contributed by atoms with van der Waals surface area (Å²) in [6.45, 7) is 3.84. The normalized spacial score (nSPS) is 12.2. The topological polar surface area (TPSA) is 75.3 Å². The molecule has 0 spiro atoms. The standard InChI is InChI=1S/C24H26N2O3S/c1-18-8-6-12-22(16-18)26-30(28,29)23-13-7-11-21(17-23)24(27)25-19(2)14-15-20-9-4-3-5-10-20/h3-13,16-17,19,26H,14-15H2,1-2H3,(H,25,27)/t19-/m0/s1. The van der Waals surface area contributed by atoms with Gasteiger partial charge in [-0.15, -0.1) is 0 Å².